The molecule has 2 unspecified atom stereocenters. The van der Waals surface area contributed by atoms with Crippen molar-refractivity contribution >= 4 is 5.91 Å². The predicted octanol–water partition coefficient (Wildman–Crippen LogP) is 1.65. The van der Waals surface area contributed by atoms with Gasteiger partial charge in [0.25, 0.3) is 0 Å². The van der Waals surface area contributed by atoms with E-state index in [4.69, 9.17) is 15.2 Å². The van der Waals surface area contributed by atoms with E-state index in [0.29, 0.717) is 19.8 Å². The first kappa shape index (κ1) is 19.4. The van der Waals surface area contributed by atoms with Crippen LogP contribution in [-0.4, -0.2) is 57.4 Å². The SMILES string of the molecule is COCCCN(CCOC)C(=O)C(C)CCCC(C)N. The smallest absolute Gasteiger partial charge is 0.225 e. The maximum Gasteiger partial charge on any atom is 0.225 e. The number of nitrogens with zero attached hydrogens (tertiary/aromatic N) is 1. The van der Waals surface area contributed by atoms with Crippen LogP contribution in [0.1, 0.15) is 39.5 Å². The van der Waals surface area contributed by atoms with Crippen LogP contribution in [0, 0.1) is 5.92 Å². The molecule has 0 saturated carbocycles. The summed E-state index contributed by atoms with van der Waals surface area (Å²) in [7, 11) is 3.34. The number of carbonyl (C=O) groups is 1. The minimum absolute atomic E-state index is 0.0492. The maximum absolute atomic E-state index is 12.4. The van der Waals surface area contributed by atoms with Crippen molar-refractivity contribution in [3.8, 4) is 0 Å². The highest BCUT2D eigenvalue weighted by molar-refractivity contribution is 5.78. The van der Waals surface area contributed by atoms with E-state index in [1.165, 1.54) is 0 Å². The number of nitrogens with two attached hydrogens (primary N) is 1. The molecule has 0 spiro atoms. The Morgan fingerprint density at radius 3 is 2.25 bits per heavy atom. The van der Waals surface area contributed by atoms with Crippen LogP contribution in [0.5, 0.6) is 0 Å². The first-order valence-corrected chi connectivity index (χ1v) is 7.55. The summed E-state index contributed by atoms with van der Waals surface area (Å²) in [5.74, 6) is 0.260. The van der Waals surface area contributed by atoms with E-state index < -0.39 is 0 Å². The molecule has 0 aromatic carbocycles. The molecule has 0 aliphatic carbocycles. The lowest BCUT2D eigenvalue weighted by Gasteiger charge is -2.25. The number of hydrogen-bond acceptors (Lipinski definition) is 4. The number of carbonyl (C=O) groups excluding carboxylic acids is 1. The summed E-state index contributed by atoms with van der Waals surface area (Å²) in [4.78, 5) is 14.3. The quantitative estimate of drug-likeness (QED) is 0.555. The van der Waals surface area contributed by atoms with E-state index in [1.807, 2.05) is 18.7 Å². The molecule has 0 rings (SSSR count). The minimum Gasteiger partial charge on any atom is -0.385 e. The van der Waals surface area contributed by atoms with Gasteiger partial charge in [0, 0.05) is 45.9 Å². The van der Waals surface area contributed by atoms with Crippen LogP contribution in [0.4, 0.5) is 0 Å². The largest absolute Gasteiger partial charge is 0.385 e. The van der Waals surface area contributed by atoms with Crippen LogP contribution in [-0.2, 0) is 14.3 Å². The van der Waals surface area contributed by atoms with Crippen molar-refractivity contribution in [2.45, 2.75) is 45.6 Å². The zero-order valence-electron chi connectivity index (χ0n) is 13.6. The summed E-state index contributed by atoms with van der Waals surface area (Å²) >= 11 is 0. The molecule has 20 heavy (non-hydrogen) atoms. The summed E-state index contributed by atoms with van der Waals surface area (Å²) in [5.41, 5.74) is 5.74. The Morgan fingerprint density at radius 2 is 1.70 bits per heavy atom. The van der Waals surface area contributed by atoms with Gasteiger partial charge in [-0.2, -0.15) is 0 Å². The second kappa shape index (κ2) is 12.1. The van der Waals surface area contributed by atoms with Gasteiger partial charge in [-0.1, -0.05) is 13.3 Å². The zero-order chi connectivity index (χ0) is 15.4. The molecule has 0 saturated heterocycles. The van der Waals surface area contributed by atoms with Crippen LogP contribution in [0.15, 0.2) is 0 Å². The first-order chi connectivity index (χ1) is 9.52. The molecular weight excluding hydrogens is 256 g/mol. The van der Waals surface area contributed by atoms with Gasteiger partial charge >= 0.3 is 0 Å². The van der Waals surface area contributed by atoms with Crippen molar-refractivity contribution < 1.29 is 14.3 Å². The fraction of sp³-hybridized carbons (Fsp3) is 0.933. The molecule has 0 aliphatic heterocycles. The van der Waals surface area contributed by atoms with Gasteiger partial charge in [0.1, 0.15) is 0 Å². The first-order valence-electron chi connectivity index (χ1n) is 7.55. The normalized spacial score (nSPS) is 14.1. The van der Waals surface area contributed by atoms with Crippen molar-refractivity contribution in [2.75, 3.05) is 40.5 Å². The third kappa shape index (κ3) is 9.28. The standard InChI is InChI=1S/C15H32N2O3/c1-13(7-5-8-14(2)16)15(18)17(10-12-20-4)9-6-11-19-3/h13-14H,5-12,16H2,1-4H3. The van der Waals surface area contributed by atoms with Gasteiger partial charge in [-0.05, 0) is 26.2 Å². The Hall–Kier alpha value is -0.650. The minimum atomic E-state index is 0.0492. The van der Waals surface area contributed by atoms with Gasteiger partial charge in [0.15, 0.2) is 0 Å². The van der Waals surface area contributed by atoms with E-state index in [1.54, 1.807) is 14.2 Å². The van der Waals surface area contributed by atoms with Gasteiger partial charge in [0.2, 0.25) is 5.91 Å². The van der Waals surface area contributed by atoms with Crippen molar-refractivity contribution in [2.24, 2.45) is 11.7 Å². The van der Waals surface area contributed by atoms with Crippen LogP contribution in [0.2, 0.25) is 0 Å². The Balaban J connectivity index is 4.20. The molecule has 0 radical (unpaired) electrons. The van der Waals surface area contributed by atoms with Gasteiger partial charge in [0.05, 0.1) is 6.61 Å². The molecule has 0 fully saturated rings. The molecule has 0 aromatic rings. The molecular formula is C15H32N2O3. The zero-order valence-corrected chi connectivity index (χ0v) is 13.6. The van der Waals surface area contributed by atoms with Crippen LogP contribution in [0.25, 0.3) is 0 Å². The second-order valence-corrected chi connectivity index (χ2v) is 5.47. The lowest BCUT2D eigenvalue weighted by atomic mass is 10.0. The summed E-state index contributed by atoms with van der Waals surface area (Å²) in [5, 5.41) is 0. The number of ether oxygens (including phenoxy) is 2. The second-order valence-electron chi connectivity index (χ2n) is 5.47. The van der Waals surface area contributed by atoms with Crippen LogP contribution < -0.4 is 5.73 Å². The van der Waals surface area contributed by atoms with Gasteiger partial charge in [-0.25, -0.2) is 0 Å². The monoisotopic (exact) mass is 288 g/mol. The van der Waals surface area contributed by atoms with E-state index in [2.05, 4.69) is 0 Å². The molecule has 0 heterocycles. The van der Waals surface area contributed by atoms with Crippen molar-refractivity contribution in [1.29, 1.82) is 0 Å². The van der Waals surface area contributed by atoms with E-state index in [9.17, 15) is 4.79 Å². The Kier molecular flexibility index (Phi) is 11.7. The Bertz CT molecular complexity index is 247. The number of hydrogen-bond donors (Lipinski definition) is 1. The topological polar surface area (TPSA) is 64.8 Å². The highest BCUT2D eigenvalue weighted by Gasteiger charge is 2.19. The maximum atomic E-state index is 12.4. The summed E-state index contributed by atoms with van der Waals surface area (Å²) < 4.78 is 10.1. The highest BCUT2D eigenvalue weighted by atomic mass is 16.5. The number of methoxy groups -OCH3 is 2. The predicted molar refractivity (Wildman–Crippen MR) is 81.6 cm³/mol. The Labute approximate surface area is 123 Å². The molecule has 1 amide bonds. The molecule has 0 aliphatic rings. The lowest BCUT2D eigenvalue weighted by Crippen LogP contribution is -2.38. The lowest BCUT2D eigenvalue weighted by molar-refractivity contribution is -0.136. The number of rotatable bonds is 12. The van der Waals surface area contributed by atoms with Crippen LogP contribution >= 0.6 is 0 Å². The van der Waals surface area contributed by atoms with Gasteiger partial charge in [-0.3, -0.25) is 4.79 Å². The van der Waals surface area contributed by atoms with Gasteiger partial charge in [-0.15, -0.1) is 0 Å². The third-order valence-electron chi connectivity index (χ3n) is 3.37. The van der Waals surface area contributed by atoms with Crippen molar-refractivity contribution in [1.82, 2.24) is 4.90 Å². The van der Waals surface area contributed by atoms with E-state index in [0.717, 1.165) is 32.2 Å². The molecule has 2 atom stereocenters. The van der Waals surface area contributed by atoms with E-state index in [-0.39, 0.29) is 17.9 Å². The van der Waals surface area contributed by atoms with Crippen LogP contribution in [0.3, 0.4) is 0 Å². The molecule has 5 heteroatoms. The van der Waals surface area contributed by atoms with Crippen molar-refractivity contribution in [3.05, 3.63) is 0 Å². The Morgan fingerprint density at radius 1 is 1.05 bits per heavy atom. The average molecular weight is 288 g/mol. The molecule has 0 aromatic heterocycles. The highest BCUT2D eigenvalue weighted by Crippen LogP contribution is 2.13. The summed E-state index contributed by atoms with van der Waals surface area (Å²) in [6.45, 7) is 6.63. The fourth-order valence-electron chi connectivity index (χ4n) is 2.11. The third-order valence-corrected chi connectivity index (χ3v) is 3.37. The van der Waals surface area contributed by atoms with Gasteiger partial charge < -0.3 is 20.1 Å². The molecule has 2 N–H and O–H groups in total. The number of amides is 1. The fourth-order valence-corrected chi connectivity index (χ4v) is 2.11. The summed E-state index contributed by atoms with van der Waals surface area (Å²) in [6.07, 6.45) is 3.73. The molecule has 120 valence electrons. The average Bonchev–Trinajstić information content (AvgIpc) is 2.41. The van der Waals surface area contributed by atoms with Crippen molar-refractivity contribution in [3.63, 3.8) is 0 Å². The molecule has 0 bridgehead atoms. The summed E-state index contributed by atoms with van der Waals surface area (Å²) in [6, 6.07) is 0.212. The van der Waals surface area contributed by atoms with E-state index >= 15 is 0 Å². The molecule has 5 nitrogen and oxygen atoms in total.